The van der Waals surface area contributed by atoms with Crippen molar-refractivity contribution in [3.05, 3.63) is 16.1 Å². The summed E-state index contributed by atoms with van der Waals surface area (Å²) in [7, 11) is 2.13. The van der Waals surface area contributed by atoms with Crippen molar-refractivity contribution in [3.8, 4) is 0 Å². The van der Waals surface area contributed by atoms with E-state index in [1.807, 2.05) is 0 Å². The maximum Gasteiger partial charge on any atom is 0.0954 e. The van der Waals surface area contributed by atoms with Crippen molar-refractivity contribution in [1.82, 2.24) is 15.2 Å². The van der Waals surface area contributed by atoms with Crippen LogP contribution >= 0.6 is 11.3 Å². The lowest BCUT2D eigenvalue weighted by Crippen LogP contribution is -2.44. The van der Waals surface area contributed by atoms with Crippen LogP contribution in [0.25, 0.3) is 0 Å². The fourth-order valence-corrected chi connectivity index (χ4v) is 2.91. The Bertz CT molecular complexity index is 361. The number of nitrogens with one attached hydrogen (secondary N) is 1. The molecule has 5 heteroatoms. The van der Waals surface area contributed by atoms with Gasteiger partial charge in [-0.3, -0.25) is 4.90 Å². The van der Waals surface area contributed by atoms with Gasteiger partial charge in [-0.2, -0.15) is 0 Å². The average Bonchev–Trinajstić information content (AvgIpc) is 2.78. The molecule has 4 nitrogen and oxygen atoms in total. The third-order valence-corrected chi connectivity index (χ3v) is 4.21. The molecule has 0 spiro atoms. The number of aromatic nitrogens is 1. The van der Waals surface area contributed by atoms with Gasteiger partial charge in [-0.1, -0.05) is 13.8 Å². The molecule has 2 heterocycles. The van der Waals surface area contributed by atoms with Crippen molar-refractivity contribution in [2.75, 3.05) is 33.3 Å². The van der Waals surface area contributed by atoms with Crippen LogP contribution in [0, 0.1) is 0 Å². The van der Waals surface area contributed by atoms with Gasteiger partial charge in [-0.05, 0) is 7.05 Å². The van der Waals surface area contributed by atoms with Crippen LogP contribution in [-0.4, -0.2) is 49.3 Å². The van der Waals surface area contributed by atoms with Gasteiger partial charge in [0, 0.05) is 37.5 Å². The highest BCUT2D eigenvalue weighted by atomic mass is 32.1. The molecule has 1 aromatic rings. The van der Waals surface area contributed by atoms with Crippen LogP contribution in [0.4, 0.5) is 0 Å². The Hall–Kier alpha value is -0.490. The van der Waals surface area contributed by atoms with E-state index in [2.05, 4.69) is 41.5 Å². The molecule has 0 saturated carbocycles. The Balaban J connectivity index is 1.80. The second-order valence-corrected chi connectivity index (χ2v) is 6.12. The zero-order valence-corrected chi connectivity index (χ0v) is 12.3. The lowest BCUT2D eigenvalue weighted by atomic mass is 10.2. The zero-order chi connectivity index (χ0) is 13.0. The molecule has 0 amide bonds. The van der Waals surface area contributed by atoms with Crippen molar-refractivity contribution in [2.24, 2.45) is 0 Å². The van der Waals surface area contributed by atoms with Gasteiger partial charge in [-0.15, -0.1) is 11.3 Å². The first-order valence-electron chi connectivity index (χ1n) is 6.60. The molecule has 1 aliphatic rings. The van der Waals surface area contributed by atoms with Crippen molar-refractivity contribution in [2.45, 2.75) is 32.4 Å². The van der Waals surface area contributed by atoms with Crippen molar-refractivity contribution in [3.63, 3.8) is 0 Å². The minimum Gasteiger partial charge on any atom is -0.374 e. The van der Waals surface area contributed by atoms with E-state index in [-0.39, 0.29) is 0 Å². The largest absolute Gasteiger partial charge is 0.374 e. The number of rotatable bonds is 5. The van der Waals surface area contributed by atoms with Crippen LogP contribution < -0.4 is 5.32 Å². The number of nitrogens with zero attached hydrogens (tertiary/aromatic N) is 2. The molecule has 1 saturated heterocycles. The molecule has 1 N–H and O–H groups in total. The van der Waals surface area contributed by atoms with Crippen LogP contribution in [0.2, 0.25) is 0 Å². The lowest BCUT2D eigenvalue weighted by Gasteiger charge is -2.27. The number of hydrogen-bond donors (Lipinski definition) is 1. The molecule has 0 radical (unpaired) electrons. The first-order valence-corrected chi connectivity index (χ1v) is 7.48. The van der Waals surface area contributed by atoms with Crippen molar-refractivity contribution >= 4 is 11.3 Å². The summed E-state index contributed by atoms with van der Waals surface area (Å²) in [6, 6.07) is 0. The summed E-state index contributed by atoms with van der Waals surface area (Å²) in [5, 5.41) is 6.76. The average molecular weight is 269 g/mol. The van der Waals surface area contributed by atoms with E-state index < -0.39 is 0 Å². The highest BCUT2D eigenvalue weighted by Crippen LogP contribution is 2.19. The fraction of sp³-hybridized carbons (Fsp3) is 0.769. The molecule has 1 fully saturated rings. The Labute approximate surface area is 113 Å². The molecule has 102 valence electrons. The molecular weight excluding hydrogens is 246 g/mol. The maximum absolute atomic E-state index is 5.71. The standard InChI is InChI=1S/C13H23N3OS/c1-10(2)13-15-11(9-18-13)7-16(3)8-12-6-14-4-5-17-12/h9-10,12,14H,4-8H2,1-3H3. The summed E-state index contributed by atoms with van der Waals surface area (Å²) in [4.78, 5) is 6.95. The molecule has 2 rings (SSSR count). The molecule has 1 aliphatic heterocycles. The minimum absolute atomic E-state index is 0.312. The monoisotopic (exact) mass is 269 g/mol. The molecule has 0 bridgehead atoms. The summed E-state index contributed by atoms with van der Waals surface area (Å²) in [6.45, 7) is 9.00. The van der Waals surface area contributed by atoms with Gasteiger partial charge in [0.05, 0.1) is 23.4 Å². The van der Waals surface area contributed by atoms with E-state index in [0.717, 1.165) is 32.8 Å². The second-order valence-electron chi connectivity index (χ2n) is 5.23. The number of ether oxygens (including phenoxy) is 1. The predicted molar refractivity (Wildman–Crippen MR) is 75.1 cm³/mol. The molecule has 0 aliphatic carbocycles. The second kappa shape index (κ2) is 6.61. The maximum atomic E-state index is 5.71. The molecule has 0 aromatic carbocycles. The van der Waals surface area contributed by atoms with Gasteiger partial charge in [0.25, 0.3) is 0 Å². The van der Waals surface area contributed by atoms with Crippen LogP contribution in [0.3, 0.4) is 0 Å². The van der Waals surface area contributed by atoms with Gasteiger partial charge in [0.2, 0.25) is 0 Å². The number of hydrogen-bond acceptors (Lipinski definition) is 5. The first kappa shape index (κ1) is 13.9. The van der Waals surface area contributed by atoms with Gasteiger partial charge in [-0.25, -0.2) is 4.98 Å². The van der Waals surface area contributed by atoms with E-state index in [9.17, 15) is 0 Å². The van der Waals surface area contributed by atoms with Crippen LogP contribution in [0.1, 0.15) is 30.5 Å². The summed E-state index contributed by atoms with van der Waals surface area (Å²) in [5.41, 5.74) is 1.18. The molecule has 18 heavy (non-hydrogen) atoms. The number of likely N-dealkylation sites (N-methyl/N-ethyl adjacent to an activating group) is 1. The van der Waals surface area contributed by atoms with Crippen molar-refractivity contribution < 1.29 is 4.74 Å². The van der Waals surface area contributed by atoms with E-state index in [4.69, 9.17) is 4.74 Å². The van der Waals surface area contributed by atoms with E-state index in [1.165, 1.54) is 10.7 Å². The Morgan fingerprint density at radius 1 is 1.61 bits per heavy atom. The van der Waals surface area contributed by atoms with Gasteiger partial charge in [0.15, 0.2) is 0 Å². The summed E-state index contributed by atoms with van der Waals surface area (Å²) in [5.74, 6) is 0.528. The van der Waals surface area contributed by atoms with Gasteiger partial charge < -0.3 is 10.1 Å². The minimum atomic E-state index is 0.312. The van der Waals surface area contributed by atoms with E-state index in [0.29, 0.717) is 12.0 Å². The molecule has 1 unspecified atom stereocenters. The van der Waals surface area contributed by atoms with E-state index in [1.54, 1.807) is 11.3 Å². The number of thiazole rings is 1. The smallest absolute Gasteiger partial charge is 0.0954 e. The SMILES string of the molecule is CC(C)c1nc(CN(C)CC2CNCCO2)cs1. The Kier molecular flexibility index (Phi) is 5.12. The van der Waals surface area contributed by atoms with E-state index >= 15 is 0 Å². The summed E-state index contributed by atoms with van der Waals surface area (Å²) >= 11 is 1.76. The normalized spacial score (nSPS) is 20.8. The topological polar surface area (TPSA) is 37.4 Å². The lowest BCUT2D eigenvalue weighted by molar-refractivity contribution is 0.00870. The zero-order valence-electron chi connectivity index (χ0n) is 11.5. The third-order valence-electron chi connectivity index (χ3n) is 3.02. The van der Waals surface area contributed by atoms with Gasteiger partial charge in [0.1, 0.15) is 0 Å². The van der Waals surface area contributed by atoms with Crippen LogP contribution in [0.15, 0.2) is 5.38 Å². The van der Waals surface area contributed by atoms with Crippen LogP contribution in [0.5, 0.6) is 0 Å². The third kappa shape index (κ3) is 4.02. The molecule has 1 atom stereocenters. The van der Waals surface area contributed by atoms with Gasteiger partial charge >= 0.3 is 0 Å². The fourth-order valence-electron chi connectivity index (χ4n) is 2.09. The van der Waals surface area contributed by atoms with Crippen molar-refractivity contribution in [1.29, 1.82) is 0 Å². The highest BCUT2D eigenvalue weighted by molar-refractivity contribution is 7.09. The Morgan fingerprint density at radius 2 is 2.44 bits per heavy atom. The Morgan fingerprint density at radius 3 is 3.06 bits per heavy atom. The highest BCUT2D eigenvalue weighted by Gasteiger charge is 2.16. The predicted octanol–water partition coefficient (Wildman–Crippen LogP) is 1.69. The first-order chi connectivity index (χ1) is 8.65. The molecular formula is C13H23N3OS. The van der Waals surface area contributed by atoms with Crippen LogP contribution in [-0.2, 0) is 11.3 Å². The molecule has 1 aromatic heterocycles. The quantitative estimate of drug-likeness (QED) is 0.882. The summed E-state index contributed by atoms with van der Waals surface area (Å²) < 4.78 is 5.71. The summed E-state index contributed by atoms with van der Waals surface area (Å²) in [6.07, 6.45) is 0.312. The number of morpholine rings is 1.